The van der Waals surface area contributed by atoms with Gasteiger partial charge in [-0.05, 0) is 30.6 Å². The molecule has 7 heteroatoms. The van der Waals surface area contributed by atoms with E-state index >= 15 is 0 Å². The van der Waals surface area contributed by atoms with Gasteiger partial charge in [-0.15, -0.1) is 0 Å². The monoisotopic (exact) mass is 348 g/mol. The van der Waals surface area contributed by atoms with Gasteiger partial charge in [0.2, 0.25) is 11.8 Å². The van der Waals surface area contributed by atoms with Crippen LogP contribution in [0.2, 0.25) is 0 Å². The molecule has 2 amide bonds. The minimum atomic E-state index is -4.42. The van der Waals surface area contributed by atoms with E-state index in [1.165, 1.54) is 0 Å². The highest BCUT2D eigenvalue weighted by Crippen LogP contribution is 2.35. The molecule has 0 unspecified atom stereocenters. The Kier molecular flexibility index (Phi) is 5.50. The largest absolute Gasteiger partial charge is 0.406 e. The van der Waals surface area contributed by atoms with Gasteiger partial charge in [0.1, 0.15) is 6.54 Å². The first-order chi connectivity index (χ1) is 11.0. The van der Waals surface area contributed by atoms with Crippen LogP contribution in [0.5, 0.6) is 0 Å². The highest BCUT2D eigenvalue weighted by molar-refractivity contribution is 5.89. The number of nitrogens with zero attached hydrogens (tertiary/aromatic N) is 2. The lowest BCUT2D eigenvalue weighted by Crippen LogP contribution is -2.39. The lowest BCUT2D eigenvalue weighted by molar-refractivity contribution is -0.157. The summed E-state index contributed by atoms with van der Waals surface area (Å²) in [5.41, 5.74) is 0.186. The second kappa shape index (κ2) is 6.92. The number of halogens is 3. The first kappa shape index (κ1) is 19.1. The van der Waals surface area contributed by atoms with Crippen LogP contribution in [0.3, 0.4) is 0 Å². The van der Waals surface area contributed by atoms with Gasteiger partial charge < -0.3 is 9.80 Å². The summed E-state index contributed by atoms with van der Waals surface area (Å²) < 4.78 is 37.4. The Bertz CT molecular complexity index is 485. The number of alkyl halides is 3. The number of hydrogen-bond acceptors (Lipinski definition) is 2. The molecule has 2 rings (SSSR count). The molecule has 138 valence electrons. The number of hydrogen-bond donors (Lipinski definition) is 0. The summed E-state index contributed by atoms with van der Waals surface area (Å²) in [6.45, 7) is 6.47. The maximum atomic E-state index is 12.6. The molecule has 2 heterocycles. The number of carbonyl (C=O) groups excluding carboxylic acids is 2. The van der Waals surface area contributed by atoms with Crippen molar-refractivity contribution in [3.8, 4) is 0 Å². The van der Waals surface area contributed by atoms with E-state index in [2.05, 4.69) is 20.8 Å². The van der Waals surface area contributed by atoms with Gasteiger partial charge >= 0.3 is 6.18 Å². The average Bonchev–Trinajstić information content (AvgIpc) is 2.64. The molecule has 0 aromatic heterocycles. The zero-order valence-electron chi connectivity index (χ0n) is 14.7. The molecule has 4 nitrogen and oxygen atoms in total. The zero-order chi connectivity index (χ0) is 18.1. The molecule has 24 heavy (non-hydrogen) atoms. The fourth-order valence-electron chi connectivity index (χ4n) is 3.75. The van der Waals surface area contributed by atoms with Crippen molar-refractivity contribution in [2.75, 3.05) is 26.2 Å². The molecular formula is C17H27F3N2O2. The summed E-state index contributed by atoms with van der Waals surface area (Å²) in [4.78, 5) is 26.9. The van der Waals surface area contributed by atoms with Crippen molar-refractivity contribution < 1.29 is 22.8 Å². The molecule has 2 fully saturated rings. The second-order valence-corrected chi connectivity index (χ2v) is 8.11. The van der Waals surface area contributed by atoms with Gasteiger partial charge in [-0.25, -0.2) is 0 Å². The number of rotatable bonds is 2. The lowest BCUT2D eigenvalue weighted by atomic mass is 9.77. The Balaban J connectivity index is 1.94. The van der Waals surface area contributed by atoms with E-state index in [-0.39, 0.29) is 24.3 Å². The summed E-state index contributed by atoms with van der Waals surface area (Å²) in [5, 5.41) is 0. The Morgan fingerprint density at radius 1 is 1.17 bits per heavy atom. The maximum Gasteiger partial charge on any atom is 0.406 e. The van der Waals surface area contributed by atoms with E-state index in [9.17, 15) is 22.8 Å². The summed E-state index contributed by atoms with van der Waals surface area (Å²) >= 11 is 0. The standard InChI is InChI=1S/C17H27F3N2O2/c1-16(2,3)13-5-4-7-21(8-6-13)15(24)12-9-14(23)22(10-12)11-17(18,19)20/h12-13H,4-11H2,1-3H3/t12-,13+/m1/s1. The minimum Gasteiger partial charge on any atom is -0.342 e. The summed E-state index contributed by atoms with van der Waals surface area (Å²) in [5.74, 6) is -0.844. The molecule has 0 radical (unpaired) electrons. The third kappa shape index (κ3) is 4.86. The van der Waals surface area contributed by atoms with E-state index in [0.717, 1.165) is 24.2 Å². The average molecular weight is 348 g/mol. The van der Waals surface area contributed by atoms with Crippen molar-refractivity contribution in [1.82, 2.24) is 9.80 Å². The number of likely N-dealkylation sites (tertiary alicyclic amines) is 2. The number of carbonyl (C=O) groups is 2. The Morgan fingerprint density at radius 2 is 1.83 bits per heavy atom. The second-order valence-electron chi connectivity index (χ2n) is 8.11. The summed E-state index contributed by atoms with van der Waals surface area (Å²) in [7, 11) is 0. The van der Waals surface area contributed by atoms with Crippen molar-refractivity contribution in [3.63, 3.8) is 0 Å². The van der Waals surface area contributed by atoms with E-state index in [1.54, 1.807) is 4.90 Å². The minimum absolute atomic E-state index is 0.103. The first-order valence-corrected chi connectivity index (χ1v) is 8.60. The lowest BCUT2D eigenvalue weighted by Gasteiger charge is -2.30. The Labute approximate surface area is 141 Å². The van der Waals surface area contributed by atoms with Crippen molar-refractivity contribution in [2.24, 2.45) is 17.3 Å². The normalized spacial score (nSPS) is 26.7. The van der Waals surface area contributed by atoms with E-state index in [0.29, 0.717) is 19.0 Å². The van der Waals surface area contributed by atoms with E-state index in [4.69, 9.17) is 0 Å². The van der Waals surface area contributed by atoms with Gasteiger partial charge in [0.05, 0.1) is 5.92 Å². The molecular weight excluding hydrogens is 321 g/mol. The van der Waals surface area contributed by atoms with Crippen molar-refractivity contribution >= 4 is 11.8 Å². The quantitative estimate of drug-likeness (QED) is 0.769. The summed E-state index contributed by atoms with van der Waals surface area (Å²) in [6, 6.07) is 0. The van der Waals surface area contributed by atoms with Crippen LogP contribution < -0.4 is 0 Å². The molecule has 0 bridgehead atoms. The van der Waals surface area contributed by atoms with E-state index < -0.39 is 24.5 Å². The van der Waals surface area contributed by atoms with Crippen molar-refractivity contribution in [1.29, 1.82) is 0 Å². The number of amides is 2. The van der Waals surface area contributed by atoms with Crippen molar-refractivity contribution in [2.45, 2.75) is 52.6 Å². The Morgan fingerprint density at radius 3 is 2.42 bits per heavy atom. The first-order valence-electron chi connectivity index (χ1n) is 8.60. The van der Waals surface area contributed by atoms with Gasteiger partial charge in [0.15, 0.2) is 0 Å². The molecule has 0 aliphatic carbocycles. The topological polar surface area (TPSA) is 40.6 Å². The predicted octanol–water partition coefficient (Wildman–Crippen LogP) is 3.07. The molecule has 2 aliphatic rings. The van der Waals surface area contributed by atoms with Crippen LogP contribution in [-0.4, -0.2) is 54.0 Å². The predicted molar refractivity (Wildman–Crippen MR) is 84.1 cm³/mol. The molecule has 2 aliphatic heterocycles. The summed E-state index contributed by atoms with van der Waals surface area (Å²) in [6.07, 6.45) is -1.66. The van der Waals surface area contributed by atoms with Crippen molar-refractivity contribution in [3.05, 3.63) is 0 Å². The van der Waals surface area contributed by atoms with Crippen LogP contribution in [0.25, 0.3) is 0 Å². The molecule has 2 saturated heterocycles. The smallest absolute Gasteiger partial charge is 0.342 e. The fraction of sp³-hybridized carbons (Fsp3) is 0.882. The molecule has 0 saturated carbocycles. The van der Waals surface area contributed by atoms with Crippen LogP contribution in [0, 0.1) is 17.3 Å². The SMILES string of the molecule is CC(C)(C)[C@H]1CCCN(C(=O)[C@@H]2CC(=O)N(CC(F)(F)F)C2)CC1. The highest BCUT2D eigenvalue weighted by Gasteiger charge is 2.42. The fourth-order valence-corrected chi connectivity index (χ4v) is 3.75. The third-order valence-electron chi connectivity index (χ3n) is 5.20. The van der Waals surface area contributed by atoms with Gasteiger partial charge in [-0.2, -0.15) is 13.2 Å². The zero-order valence-corrected chi connectivity index (χ0v) is 14.7. The molecule has 0 aromatic rings. The van der Waals surface area contributed by atoms with Crippen LogP contribution >= 0.6 is 0 Å². The van der Waals surface area contributed by atoms with Gasteiger partial charge in [0.25, 0.3) is 0 Å². The van der Waals surface area contributed by atoms with Gasteiger partial charge in [0, 0.05) is 26.1 Å². The Hall–Kier alpha value is -1.27. The molecule has 2 atom stereocenters. The third-order valence-corrected chi connectivity index (χ3v) is 5.20. The van der Waals surface area contributed by atoms with Crippen LogP contribution in [0.4, 0.5) is 13.2 Å². The van der Waals surface area contributed by atoms with Crippen LogP contribution in [0.15, 0.2) is 0 Å². The highest BCUT2D eigenvalue weighted by atomic mass is 19.4. The molecule has 0 N–H and O–H groups in total. The van der Waals surface area contributed by atoms with Gasteiger partial charge in [-0.3, -0.25) is 9.59 Å². The maximum absolute atomic E-state index is 12.6. The van der Waals surface area contributed by atoms with E-state index in [1.807, 2.05) is 0 Å². The van der Waals surface area contributed by atoms with Gasteiger partial charge in [-0.1, -0.05) is 20.8 Å². The van der Waals surface area contributed by atoms with Crippen LogP contribution in [-0.2, 0) is 9.59 Å². The molecule has 0 spiro atoms. The molecule has 0 aromatic carbocycles. The van der Waals surface area contributed by atoms with Crippen LogP contribution in [0.1, 0.15) is 46.5 Å².